The molecule has 0 saturated carbocycles. The van der Waals surface area contributed by atoms with Crippen LogP contribution >= 0.6 is 0 Å². The lowest BCUT2D eigenvalue weighted by atomic mass is 9.95. The summed E-state index contributed by atoms with van der Waals surface area (Å²) >= 11 is 0. The van der Waals surface area contributed by atoms with Gasteiger partial charge in [0.25, 0.3) is 0 Å². The lowest BCUT2D eigenvalue weighted by Gasteiger charge is -2.29. The fourth-order valence-electron chi connectivity index (χ4n) is 2.34. The van der Waals surface area contributed by atoms with Crippen molar-refractivity contribution in [1.82, 2.24) is 4.90 Å². The molecule has 0 saturated heterocycles. The van der Waals surface area contributed by atoms with Crippen LogP contribution in [-0.4, -0.2) is 23.6 Å². The van der Waals surface area contributed by atoms with E-state index in [1.807, 2.05) is 57.3 Å². The summed E-state index contributed by atoms with van der Waals surface area (Å²) in [6.07, 6.45) is 1.70. The number of nitrogens with zero attached hydrogens (tertiary/aromatic N) is 1. The number of aliphatic hydroxyl groups is 1. The molecule has 0 aliphatic carbocycles. The summed E-state index contributed by atoms with van der Waals surface area (Å²) in [5.74, 6) is 0.936. The molecule has 0 aliphatic rings. The van der Waals surface area contributed by atoms with Gasteiger partial charge in [0.2, 0.25) is 0 Å². The van der Waals surface area contributed by atoms with Crippen molar-refractivity contribution in [3.8, 4) is 0 Å². The third-order valence-electron chi connectivity index (χ3n) is 3.38. The highest BCUT2D eigenvalue weighted by Gasteiger charge is 2.24. The molecular weight excluding hydrogens is 238 g/mol. The van der Waals surface area contributed by atoms with Gasteiger partial charge in [-0.25, -0.2) is 0 Å². The Bertz CT molecular complexity index is 517. The predicted molar refractivity (Wildman–Crippen MR) is 75.8 cm³/mol. The van der Waals surface area contributed by atoms with Gasteiger partial charge < -0.3 is 9.52 Å². The maximum absolute atomic E-state index is 10.6. The molecule has 19 heavy (non-hydrogen) atoms. The van der Waals surface area contributed by atoms with Crippen molar-refractivity contribution in [2.24, 2.45) is 0 Å². The lowest BCUT2D eigenvalue weighted by Crippen LogP contribution is -2.36. The Morgan fingerprint density at radius 1 is 1.21 bits per heavy atom. The van der Waals surface area contributed by atoms with Gasteiger partial charge in [0.1, 0.15) is 5.76 Å². The number of hydrogen-bond acceptors (Lipinski definition) is 3. The average molecular weight is 259 g/mol. The SMILES string of the molecule is Cc1occc1CN(C)CC(C)(O)c1ccccc1. The minimum Gasteiger partial charge on any atom is -0.469 e. The first-order valence-corrected chi connectivity index (χ1v) is 6.48. The van der Waals surface area contributed by atoms with Gasteiger partial charge >= 0.3 is 0 Å². The Morgan fingerprint density at radius 3 is 2.47 bits per heavy atom. The Morgan fingerprint density at radius 2 is 1.89 bits per heavy atom. The first-order chi connectivity index (χ1) is 8.99. The van der Waals surface area contributed by atoms with Gasteiger partial charge in [-0.1, -0.05) is 30.3 Å². The van der Waals surface area contributed by atoms with Crippen LogP contribution in [0.5, 0.6) is 0 Å². The molecule has 3 heteroatoms. The molecule has 0 radical (unpaired) electrons. The van der Waals surface area contributed by atoms with E-state index in [1.54, 1.807) is 6.26 Å². The van der Waals surface area contributed by atoms with Gasteiger partial charge in [0.15, 0.2) is 0 Å². The number of furan rings is 1. The quantitative estimate of drug-likeness (QED) is 0.897. The highest BCUT2D eigenvalue weighted by atomic mass is 16.3. The monoisotopic (exact) mass is 259 g/mol. The van der Waals surface area contributed by atoms with Crippen molar-refractivity contribution in [1.29, 1.82) is 0 Å². The Kier molecular flexibility index (Phi) is 4.08. The molecule has 1 N–H and O–H groups in total. The predicted octanol–water partition coefficient (Wildman–Crippen LogP) is 2.93. The zero-order valence-corrected chi connectivity index (χ0v) is 11.8. The molecule has 2 aromatic rings. The minimum absolute atomic E-state index is 0.571. The molecule has 0 spiro atoms. The number of aryl methyl sites for hydroxylation is 1. The first-order valence-electron chi connectivity index (χ1n) is 6.48. The van der Waals surface area contributed by atoms with E-state index in [2.05, 4.69) is 4.90 Å². The van der Waals surface area contributed by atoms with Crippen LogP contribution in [-0.2, 0) is 12.1 Å². The fraction of sp³-hybridized carbons (Fsp3) is 0.375. The van der Waals surface area contributed by atoms with E-state index in [4.69, 9.17) is 4.42 Å². The van der Waals surface area contributed by atoms with E-state index in [-0.39, 0.29) is 0 Å². The lowest BCUT2D eigenvalue weighted by molar-refractivity contribution is 0.0213. The summed E-state index contributed by atoms with van der Waals surface area (Å²) < 4.78 is 5.29. The molecule has 1 aromatic carbocycles. The van der Waals surface area contributed by atoms with Gasteiger partial charge in [0.05, 0.1) is 11.9 Å². The van der Waals surface area contributed by atoms with Crippen LogP contribution < -0.4 is 0 Å². The third kappa shape index (κ3) is 3.46. The normalized spacial score (nSPS) is 14.6. The Hall–Kier alpha value is -1.58. The third-order valence-corrected chi connectivity index (χ3v) is 3.38. The van der Waals surface area contributed by atoms with Gasteiger partial charge in [-0.15, -0.1) is 0 Å². The van der Waals surface area contributed by atoms with E-state index in [9.17, 15) is 5.11 Å². The largest absolute Gasteiger partial charge is 0.469 e. The average Bonchev–Trinajstić information content (AvgIpc) is 2.75. The van der Waals surface area contributed by atoms with E-state index in [0.29, 0.717) is 6.54 Å². The van der Waals surface area contributed by atoms with Gasteiger partial charge in [0, 0.05) is 18.7 Å². The van der Waals surface area contributed by atoms with Crippen molar-refractivity contribution < 1.29 is 9.52 Å². The highest BCUT2D eigenvalue weighted by molar-refractivity contribution is 5.22. The molecule has 1 unspecified atom stereocenters. The second-order valence-corrected chi connectivity index (χ2v) is 5.31. The fourth-order valence-corrected chi connectivity index (χ4v) is 2.34. The van der Waals surface area contributed by atoms with Crippen LogP contribution in [0.1, 0.15) is 23.8 Å². The topological polar surface area (TPSA) is 36.6 Å². The van der Waals surface area contributed by atoms with Crippen LogP contribution in [0.25, 0.3) is 0 Å². The molecule has 1 aromatic heterocycles. The van der Waals surface area contributed by atoms with Gasteiger partial charge in [-0.2, -0.15) is 0 Å². The highest BCUT2D eigenvalue weighted by Crippen LogP contribution is 2.22. The van der Waals surface area contributed by atoms with E-state index < -0.39 is 5.60 Å². The molecule has 102 valence electrons. The van der Waals surface area contributed by atoms with Crippen molar-refractivity contribution in [3.05, 3.63) is 59.5 Å². The zero-order chi connectivity index (χ0) is 13.9. The maximum atomic E-state index is 10.6. The number of likely N-dealkylation sites (N-methyl/N-ethyl adjacent to an activating group) is 1. The number of benzene rings is 1. The van der Waals surface area contributed by atoms with E-state index in [0.717, 1.165) is 23.4 Å². The van der Waals surface area contributed by atoms with E-state index >= 15 is 0 Å². The van der Waals surface area contributed by atoms with Crippen LogP contribution in [0, 0.1) is 6.92 Å². The van der Waals surface area contributed by atoms with E-state index in [1.165, 1.54) is 0 Å². The molecule has 0 bridgehead atoms. The molecule has 1 heterocycles. The summed E-state index contributed by atoms with van der Waals surface area (Å²) in [6.45, 7) is 5.15. The van der Waals surface area contributed by atoms with Crippen LogP contribution in [0.3, 0.4) is 0 Å². The molecule has 0 aliphatic heterocycles. The van der Waals surface area contributed by atoms with Crippen molar-refractivity contribution >= 4 is 0 Å². The summed E-state index contributed by atoms with van der Waals surface area (Å²) in [6, 6.07) is 11.7. The standard InChI is InChI=1S/C16H21NO2/c1-13-14(9-10-19-13)11-17(3)12-16(2,18)15-7-5-4-6-8-15/h4-10,18H,11-12H2,1-3H3. The molecule has 0 fully saturated rings. The minimum atomic E-state index is -0.854. The van der Waals surface area contributed by atoms with Crippen molar-refractivity contribution in [3.63, 3.8) is 0 Å². The Balaban J connectivity index is 2.02. The Labute approximate surface area is 114 Å². The van der Waals surface area contributed by atoms with Crippen LogP contribution in [0.4, 0.5) is 0 Å². The second-order valence-electron chi connectivity index (χ2n) is 5.31. The summed E-state index contributed by atoms with van der Waals surface area (Å²) in [4.78, 5) is 2.10. The molecule has 0 amide bonds. The van der Waals surface area contributed by atoms with Crippen molar-refractivity contribution in [2.45, 2.75) is 26.0 Å². The van der Waals surface area contributed by atoms with Crippen LogP contribution in [0.15, 0.2) is 47.1 Å². The maximum Gasteiger partial charge on any atom is 0.105 e. The summed E-state index contributed by atoms with van der Waals surface area (Å²) in [7, 11) is 2.00. The number of rotatable bonds is 5. The number of hydrogen-bond donors (Lipinski definition) is 1. The second kappa shape index (κ2) is 5.59. The first kappa shape index (κ1) is 13.8. The summed E-state index contributed by atoms with van der Waals surface area (Å²) in [5.41, 5.74) is 1.24. The molecule has 2 rings (SSSR count). The molecule has 3 nitrogen and oxygen atoms in total. The van der Waals surface area contributed by atoms with Gasteiger partial charge in [-0.3, -0.25) is 4.90 Å². The molecular formula is C16H21NO2. The summed E-state index contributed by atoms with van der Waals surface area (Å²) in [5, 5.41) is 10.6. The van der Waals surface area contributed by atoms with Crippen molar-refractivity contribution in [2.75, 3.05) is 13.6 Å². The molecule has 1 atom stereocenters. The van der Waals surface area contributed by atoms with Crippen LogP contribution in [0.2, 0.25) is 0 Å². The zero-order valence-electron chi connectivity index (χ0n) is 11.8. The smallest absolute Gasteiger partial charge is 0.105 e. The van der Waals surface area contributed by atoms with Gasteiger partial charge in [-0.05, 0) is 32.5 Å².